The van der Waals surface area contributed by atoms with Crippen molar-refractivity contribution in [3.05, 3.63) is 26.7 Å². The number of carbonyl (C=O) groups excluding carboxylic acids is 2. The van der Waals surface area contributed by atoms with Gasteiger partial charge in [-0.2, -0.15) is 13.2 Å². The molecule has 0 saturated carbocycles. The van der Waals surface area contributed by atoms with Crippen LogP contribution in [0.2, 0.25) is 0 Å². The van der Waals surface area contributed by atoms with Crippen LogP contribution in [0.15, 0.2) is 9.59 Å². The fraction of sp³-hybridized carbons (Fsp3) is 0.588. The molecule has 0 saturated heterocycles. The highest BCUT2D eigenvalue weighted by Crippen LogP contribution is 2.15. The summed E-state index contributed by atoms with van der Waals surface area (Å²) in [7, 11) is 1.39. The number of nitrogens with zero attached hydrogens (tertiary/aromatic N) is 3. The number of unbranched alkanes of at least 4 members (excludes halogenated alkanes) is 1. The minimum Gasteiger partial charge on any atom is -0.463 e. The van der Waals surface area contributed by atoms with Crippen molar-refractivity contribution in [3.8, 4) is 0 Å². The lowest BCUT2D eigenvalue weighted by molar-refractivity contribution is -0.207. The van der Waals surface area contributed by atoms with E-state index in [1.807, 2.05) is 5.48 Å². The van der Waals surface area contributed by atoms with Gasteiger partial charge in [-0.15, -0.1) is 5.48 Å². The number of carbonyl (C=O) groups is 2. The lowest BCUT2D eigenvalue weighted by Crippen LogP contribution is -2.39. The molecule has 14 heteroatoms. The third-order valence-electron chi connectivity index (χ3n) is 4.27. The maximum atomic E-state index is 12.7. The number of halogens is 3. The molecule has 0 aliphatic heterocycles. The summed E-state index contributed by atoms with van der Waals surface area (Å²) in [6, 6.07) is 0. The topological polar surface area (TPSA) is 137 Å². The number of hydrogen-bond donors (Lipinski definition) is 2. The van der Waals surface area contributed by atoms with E-state index in [9.17, 15) is 32.3 Å². The Hall–Kier alpha value is -3.16. The molecular formula is C17H22F3N5O6. The Kier molecular flexibility index (Phi) is 7.60. The van der Waals surface area contributed by atoms with Gasteiger partial charge in [0.05, 0.1) is 12.6 Å². The first-order valence-electron chi connectivity index (χ1n) is 9.28. The summed E-state index contributed by atoms with van der Waals surface area (Å²) >= 11 is 0. The third kappa shape index (κ3) is 6.16. The molecule has 11 nitrogen and oxygen atoms in total. The van der Waals surface area contributed by atoms with Crippen LogP contribution in [-0.4, -0.2) is 43.3 Å². The fourth-order valence-electron chi connectivity index (χ4n) is 2.85. The second-order valence-electron chi connectivity index (χ2n) is 6.80. The molecule has 0 unspecified atom stereocenters. The number of esters is 1. The Balaban J connectivity index is 2.09. The number of aromatic amines is 1. The van der Waals surface area contributed by atoms with Gasteiger partial charge < -0.3 is 14.6 Å². The standard InChI is InChI=1S/C17H22F3N5O6/c1-9(30-10(2)26)6-4-5-7-25-14(27)12-13(24(3)16(25)29)23-11(22-12)8-21-31-15(28)17(18,19)20/h9,21H,4-8H2,1-3H3,(H,22,23)/t9-/m1/s1. The van der Waals surface area contributed by atoms with Gasteiger partial charge in [0.1, 0.15) is 11.3 Å². The number of imidazole rings is 1. The lowest BCUT2D eigenvalue weighted by atomic mass is 10.2. The van der Waals surface area contributed by atoms with Crippen LogP contribution < -0.4 is 16.7 Å². The van der Waals surface area contributed by atoms with E-state index in [0.717, 1.165) is 9.13 Å². The molecule has 1 atom stereocenters. The average Bonchev–Trinajstić information content (AvgIpc) is 3.08. The number of ether oxygens (including phenoxy) is 1. The maximum Gasteiger partial charge on any atom is 0.492 e. The molecule has 0 aliphatic carbocycles. The SMILES string of the molecule is CC(=O)O[C@H](C)CCCCn1c(=O)c2[nH]c(CNOC(=O)C(F)(F)F)nc2n(C)c1=O. The van der Waals surface area contributed by atoms with Gasteiger partial charge in [-0.1, -0.05) is 0 Å². The molecule has 0 bridgehead atoms. The van der Waals surface area contributed by atoms with Crippen molar-refractivity contribution in [3.63, 3.8) is 0 Å². The van der Waals surface area contributed by atoms with Crippen molar-refractivity contribution in [2.24, 2.45) is 7.05 Å². The summed E-state index contributed by atoms with van der Waals surface area (Å²) in [4.78, 5) is 57.2. The van der Waals surface area contributed by atoms with Gasteiger partial charge in [0, 0.05) is 20.5 Å². The Morgan fingerprint density at radius 2 is 1.94 bits per heavy atom. The number of fused-ring (bicyclic) bond motifs is 1. The predicted octanol–water partition coefficient (Wildman–Crippen LogP) is 0.655. The Morgan fingerprint density at radius 3 is 2.55 bits per heavy atom. The van der Waals surface area contributed by atoms with Crippen LogP contribution in [0.4, 0.5) is 13.2 Å². The molecule has 2 N–H and O–H groups in total. The van der Waals surface area contributed by atoms with Gasteiger partial charge in [-0.3, -0.25) is 18.7 Å². The van der Waals surface area contributed by atoms with Crippen LogP contribution in [0.25, 0.3) is 11.2 Å². The van der Waals surface area contributed by atoms with E-state index in [1.54, 1.807) is 6.92 Å². The highest BCUT2D eigenvalue weighted by molar-refractivity contribution is 5.75. The Labute approximate surface area is 173 Å². The smallest absolute Gasteiger partial charge is 0.463 e. The molecular weight excluding hydrogens is 427 g/mol. The fourth-order valence-corrected chi connectivity index (χ4v) is 2.85. The third-order valence-corrected chi connectivity index (χ3v) is 4.27. The van der Waals surface area contributed by atoms with Gasteiger partial charge in [-0.05, 0) is 26.2 Å². The van der Waals surface area contributed by atoms with E-state index in [-0.39, 0.29) is 35.6 Å². The quantitative estimate of drug-likeness (QED) is 0.324. The van der Waals surface area contributed by atoms with Crippen LogP contribution >= 0.6 is 0 Å². The van der Waals surface area contributed by atoms with E-state index in [0.29, 0.717) is 19.3 Å². The van der Waals surface area contributed by atoms with E-state index < -0.39 is 29.9 Å². The van der Waals surface area contributed by atoms with Crippen LogP contribution in [-0.2, 0) is 39.3 Å². The van der Waals surface area contributed by atoms with Crippen molar-refractivity contribution in [2.75, 3.05) is 0 Å². The zero-order valence-electron chi connectivity index (χ0n) is 17.0. The molecule has 0 radical (unpaired) electrons. The van der Waals surface area contributed by atoms with Crippen molar-refractivity contribution < 1.29 is 32.3 Å². The summed E-state index contributed by atoms with van der Waals surface area (Å²) in [5, 5.41) is 0. The van der Waals surface area contributed by atoms with Crippen LogP contribution in [0.5, 0.6) is 0 Å². The Bertz CT molecular complexity index is 1070. The number of nitrogens with one attached hydrogen (secondary N) is 2. The second kappa shape index (κ2) is 9.76. The summed E-state index contributed by atoms with van der Waals surface area (Å²) in [6.07, 6.45) is -3.80. The summed E-state index contributed by atoms with van der Waals surface area (Å²) < 4.78 is 43.5. The molecule has 0 spiro atoms. The van der Waals surface area contributed by atoms with Gasteiger partial charge in [-0.25, -0.2) is 14.6 Å². The van der Waals surface area contributed by atoms with Crippen molar-refractivity contribution >= 4 is 23.1 Å². The molecule has 172 valence electrons. The zero-order valence-corrected chi connectivity index (χ0v) is 17.0. The van der Waals surface area contributed by atoms with Gasteiger partial charge in [0.15, 0.2) is 5.65 Å². The van der Waals surface area contributed by atoms with E-state index in [2.05, 4.69) is 14.8 Å². The zero-order chi connectivity index (χ0) is 23.3. The first-order valence-corrected chi connectivity index (χ1v) is 9.28. The number of H-pyrrole nitrogens is 1. The van der Waals surface area contributed by atoms with E-state index in [4.69, 9.17) is 4.74 Å². The van der Waals surface area contributed by atoms with Crippen molar-refractivity contribution in [2.45, 2.75) is 58.5 Å². The van der Waals surface area contributed by atoms with Gasteiger partial charge in [0.2, 0.25) is 0 Å². The molecule has 2 rings (SSSR count). The second-order valence-corrected chi connectivity index (χ2v) is 6.80. The number of alkyl halides is 3. The van der Waals surface area contributed by atoms with E-state index >= 15 is 0 Å². The predicted molar refractivity (Wildman–Crippen MR) is 99.7 cm³/mol. The van der Waals surface area contributed by atoms with Crippen molar-refractivity contribution in [1.82, 2.24) is 24.6 Å². The Morgan fingerprint density at radius 1 is 1.26 bits per heavy atom. The molecule has 2 heterocycles. The average molecular weight is 449 g/mol. The highest BCUT2D eigenvalue weighted by atomic mass is 19.4. The minimum atomic E-state index is -5.16. The number of rotatable bonds is 9. The molecule has 0 aliphatic rings. The first kappa shape index (κ1) is 24.1. The molecule has 2 aromatic rings. The summed E-state index contributed by atoms with van der Waals surface area (Å²) in [5.41, 5.74) is 0.544. The largest absolute Gasteiger partial charge is 0.492 e. The number of hydrogen-bond acceptors (Lipinski definition) is 8. The number of aromatic nitrogens is 4. The summed E-state index contributed by atoms with van der Waals surface area (Å²) in [5.74, 6) is -2.83. The molecule has 31 heavy (non-hydrogen) atoms. The molecule has 0 amide bonds. The highest BCUT2D eigenvalue weighted by Gasteiger charge is 2.41. The molecule has 0 fully saturated rings. The van der Waals surface area contributed by atoms with Crippen LogP contribution in [0, 0.1) is 0 Å². The normalized spacial score (nSPS) is 12.7. The molecule has 2 aromatic heterocycles. The minimum absolute atomic E-state index is 0.00804. The van der Waals surface area contributed by atoms with Crippen molar-refractivity contribution in [1.29, 1.82) is 0 Å². The number of hydroxylamine groups is 1. The van der Waals surface area contributed by atoms with Crippen LogP contribution in [0.3, 0.4) is 0 Å². The monoisotopic (exact) mass is 449 g/mol. The van der Waals surface area contributed by atoms with Gasteiger partial charge >= 0.3 is 23.8 Å². The van der Waals surface area contributed by atoms with Crippen LogP contribution in [0.1, 0.15) is 38.9 Å². The summed E-state index contributed by atoms with van der Waals surface area (Å²) in [6.45, 7) is 2.72. The maximum absolute atomic E-state index is 12.7. The number of aryl methyl sites for hydroxylation is 1. The first-order chi connectivity index (χ1) is 14.4. The van der Waals surface area contributed by atoms with Gasteiger partial charge in [0.25, 0.3) is 5.56 Å². The lowest BCUT2D eigenvalue weighted by Gasteiger charge is -2.12. The molecule has 0 aromatic carbocycles. The van der Waals surface area contributed by atoms with E-state index in [1.165, 1.54) is 14.0 Å².